The number of anilines is 1. The van der Waals surface area contributed by atoms with E-state index in [0.29, 0.717) is 34.2 Å². The first-order chi connectivity index (χ1) is 17.2. The molecule has 1 unspecified atom stereocenters. The second-order valence-electron chi connectivity index (χ2n) is 9.08. The Morgan fingerprint density at radius 3 is 2.77 bits per heavy atom. The number of benzene rings is 1. The van der Waals surface area contributed by atoms with Gasteiger partial charge in [-0.25, -0.2) is 4.98 Å². The van der Waals surface area contributed by atoms with Crippen LogP contribution in [0.2, 0.25) is 0 Å². The van der Waals surface area contributed by atoms with Crippen molar-refractivity contribution in [3.05, 3.63) is 74.8 Å². The third-order valence-corrected chi connectivity index (χ3v) is 9.02. The van der Waals surface area contributed by atoms with Crippen LogP contribution in [-0.4, -0.2) is 16.6 Å². The topological polar surface area (TPSA) is 89.6 Å². The van der Waals surface area contributed by atoms with E-state index >= 15 is 0 Å². The Kier molecular flexibility index (Phi) is 7.18. The maximum Gasteiger partial charge on any atom is 0.225 e. The van der Waals surface area contributed by atoms with E-state index in [1.165, 1.54) is 27.8 Å². The molecule has 0 aliphatic heterocycles. The molecule has 1 N–H and O–H groups in total. The number of hydrogen-bond acceptors (Lipinski definition) is 6. The van der Waals surface area contributed by atoms with Crippen molar-refractivity contribution in [3.8, 4) is 12.1 Å². The van der Waals surface area contributed by atoms with Crippen LogP contribution in [0.3, 0.4) is 0 Å². The fraction of sp³-hybridized carbons (Fsp3) is 0.357. The summed E-state index contributed by atoms with van der Waals surface area (Å²) >= 11 is 3.01. The normalized spacial score (nSPS) is 16.5. The van der Waals surface area contributed by atoms with Gasteiger partial charge in [0, 0.05) is 22.7 Å². The van der Waals surface area contributed by atoms with Crippen LogP contribution in [-0.2, 0) is 30.5 Å². The van der Waals surface area contributed by atoms with Gasteiger partial charge in [-0.05, 0) is 73.6 Å². The van der Waals surface area contributed by atoms with E-state index in [1.807, 2.05) is 12.1 Å². The van der Waals surface area contributed by atoms with Gasteiger partial charge in [-0.2, -0.15) is 10.5 Å². The summed E-state index contributed by atoms with van der Waals surface area (Å²) in [6.45, 7) is 0. The van der Waals surface area contributed by atoms with Crippen LogP contribution in [0.5, 0.6) is 0 Å². The molecule has 3 aromatic rings. The van der Waals surface area contributed by atoms with Crippen molar-refractivity contribution in [2.75, 3.05) is 11.1 Å². The van der Waals surface area contributed by atoms with Crippen LogP contribution >= 0.6 is 23.1 Å². The quantitative estimate of drug-likeness (QED) is 0.411. The predicted octanol–water partition coefficient (Wildman–Crippen LogP) is 6.16. The number of nitrogens with one attached hydrogen (secondary N) is 1. The van der Waals surface area contributed by atoms with Crippen molar-refractivity contribution in [1.29, 1.82) is 10.5 Å². The third-order valence-electron chi connectivity index (χ3n) is 6.86. The second-order valence-corrected chi connectivity index (χ2v) is 11.3. The molecular weight excluding hydrogens is 472 g/mol. The average molecular weight is 499 g/mol. The number of carbonyl (C=O) groups excluding carboxylic acids is 1. The second kappa shape index (κ2) is 10.6. The smallest absolute Gasteiger partial charge is 0.225 e. The maximum absolute atomic E-state index is 12.7. The first kappa shape index (κ1) is 23.6. The standard InChI is InChI=1S/C28H26N4OS2/c29-16-21-14-20-8-4-5-9-24(20)31-27(21)34-13-12-26(33)32-28-23(17-30)22-11-10-19(15-25(22)35-28)18-6-2-1-3-7-18/h1-3,6-7,14,19H,4-5,8-13,15H2,(H,32,33). The molecule has 0 saturated carbocycles. The zero-order valence-electron chi connectivity index (χ0n) is 19.5. The molecule has 2 aromatic heterocycles. The minimum absolute atomic E-state index is 0.108. The van der Waals surface area contributed by atoms with E-state index in [4.69, 9.17) is 4.98 Å². The Morgan fingerprint density at radius 1 is 1.14 bits per heavy atom. The molecule has 0 saturated heterocycles. The highest BCUT2D eigenvalue weighted by Gasteiger charge is 2.27. The number of rotatable bonds is 6. The molecule has 0 fully saturated rings. The Hall–Kier alpha value is -3.13. The van der Waals surface area contributed by atoms with Gasteiger partial charge >= 0.3 is 0 Å². The first-order valence-corrected chi connectivity index (χ1v) is 13.9. The molecule has 0 spiro atoms. The molecule has 1 atom stereocenters. The number of thiophene rings is 1. The number of nitrogens with zero attached hydrogens (tertiary/aromatic N) is 3. The molecule has 2 aliphatic carbocycles. The number of pyridine rings is 1. The highest BCUT2D eigenvalue weighted by molar-refractivity contribution is 7.99. The molecule has 5 rings (SSSR count). The fourth-order valence-electron chi connectivity index (χ4n) is 5.04. The highest BCUT2D eigenvalue weighted by atomic mass is 32.2. The van der Waals surface area contributed by atoms with Gasteiger partial charge in [-0.15, -0.1) is 23.1 Å². The lowest BCUT2D eigenvalue weighted by atomic mass is 9.83. The van der Waals surface area contributed by atoms with Crippen LogP contribution < -0.4 is 5.32 Å². The Labute approximate surface area is 214 Å². The number of fused-ring (bicyclic) bond motifs is 2. The van der Waals surface area contributed by atoms with Crippen LogP contribution in [0.15, 0.2) is 41.4 Å². The van der Waals surface area contributed by atoms with Crippen molar-refractivity contribution >= 4 is 34.0 Å². The molecule has 35 heavy (non-hydrogen) atoms. The molecule has 7 heteroatoms. The summed E-state index contributed by atoms with van der Waals surface area (Å²) in [6.07, 6.45) is 7.32. The van der Waals surface area contributed by atoms with Gasteiger partial charge in [0.2, 0.25) is 5.91 Å². The van der Waals surface area contributed by atoms with Gasteiger partial charge in [-0.3, -0.25) is 4.79 Å². The molecular formula is C28H26N4OS2. The summed E-state index contributed by atoms with van der Waals surface area (Å²) in [6, 6.07) is 17.1. The molecule has 0 radical (unpaired) electrons. The minimum atomic E-state index is -0.108. The van der Waals surface area contributed by atoms with Crippen molar-refractivity contribution < 1.29 is 4.79 Å². The van der Waals surface area contributed by atoms with Gasteiger partial charge < -0.3 is 5.32 Å². The molecule has 1 aromatic carbocycles. The third kappa shape index (κ3) is 5.12. The molecule has 5 nitrogen and oxygen atoms in total. The van der Waals surface area contributed by atoms with E-state index in [1.54, 1.807) is 11.3 Å². The van der Waals surface area contributed by atoms with Gasteiger partial charge in [-0.1, -0.05) is 30.3 Å². The summed E-state index contributed by atoms with van der Waals surface area (Å²) in [7, 11) is 0. The molecule has 1 amide bonds. The van der Waals surface area contributed by atoms with E-state index in [0.717, 1.165) is 61.2 Å². The van der Waals surface area contributed by atoms with E-state index < -0.39 is 0 Å². The summed E-state index contributed by atoms with van der Waals surface area (Å²) in [5.41, 5.74) is 5.95. The summed E-state index contributed by atoms with van der Waals surface area (Å²) in [5, 5.41) is 23.7. The highest BCUT2D eigenvalue weighted by Crippen LogP contribution is 2.42. The van der Waals surface area contributed by atoms with Crippen molar-refractivity contribution in [3.63, 3.8) is 0 Å². The van der Waals surface area contributed by atoms with Crippen LogP contribution in [0.25, 0.3) is 0 Å². The minimum Gasteiger partial charge on any atom is -0.317 e. The lowest BCUT2D eigenvalue weighted by molar-refractivity contribution is -0.115. The van der Waals surface area contributed by atoms with Crippen LogP contribution in [0.1, 0.15) is 70.0 Å². The van der Waals surface area contributed by atoms with Crippen molar-refractivity contribution in [2.24, 2.45) is 0 Å². The first-order valence-electron chi connectivity index (χ1n) is 12.1. The Morgan fingerprint density at radius 2 is 1.97 bits per heavy atom. The average Bonchev–Trinajstić information content (AvgIpc) is 3.24. The van der Waals surface area contributed by atoms with Gasteiger partial charge in [0.05, 0.1) is 11.1 Å². The molecule has 0 bridgehead atoms. The largest absolute Gasteiger partial charge is 0.317 e. The Bertz CT molecular complexity index is 1330. The SMILES string of the molecule is N#Cc1cc2c(nc1SCCC(=O)Nc1sc3c(c1C#N)CCC(c1ccccc1)C3)CCCC2. The number of hydrogen-bond donors (Lipinski definition) is 1. The lowest BCUT2D eigenvalue weighted by Crippen LogP contribution is -2.13. The molecule has 2 aliphatic rings. The monoisotopic (exact) mass is 498 g/mol. The number of aryl methyl sites for hydroxylation is 2. The van der Waals surface area contributed by atoms with E-state index in [2.05, 4.69) is 41.7 Å². The van der Waals surface area contributed by atoms with E-state index in [9.17, 15) is 15.3 Å². The van der Waals surface area contributed by atoms with Crippen molar-refractivity contribution in [1.82, 2.24) is 4.98 Å². The lowest BCUT2D eigenvalue weighted by Gasteiger charge is -2.22. The van der Waals surface area contributed by atoms with E-state index in [-0.39, 0.29) is 5.91 Å². The number of nitriles is 2. The van der Waals surface area contributed by atoms with Crippen molar-refractivity contribution in [2.45, 2.75) is 62.3 Å². The maximum atomic E-state index is 12.7. The van der Waals surface area contributed by atoms with Gasteiger partial charge in [0.15, 0.2) is 0 Å². The summed E-state index contributed by atoms with van der Waals surface area (Å²) in [4.78, 5) is 18.7. The number of aromatic nitrogens is 1. The Balaban J connectivity index is 1.22. The molecule has 2 heterocycles. The number of thioether (sulfide) groups is 1. The van der Waals surface area contributed by atoms with Crippen LogP contribution in [0, 0.1) is 22.7 Å². The zero-order valence-corrected chi connectivity index (χ0v) is 21.1. The zero-order chi connectivity index (χ0) is 24.2. The predicted molar refractivity (Wildman–Crippen MR) is 140 cm³/mol. The van der Waals surface area contributed by atoms with Gasteiger partial charge in [0.1, 0.15) is 22.2 Å². The molecule has 176 valence electrons. The summed E-state index contributed by atoms with van der Waals surface area (Å²) < 4.78 is 0. The van der Waals surface area contributed by atoms with Crippen LogP contribution in [0.4, 0.5) is 5.00 Å². The number of carbonyl (C=O) groups is 1. The fourth-order valence-corrected chi connectivity index (χ4v) is 7.25. The van der Waals surface area contributed by atoms with Gasteiger partial charge in [0.25, 0.3) is 0 Å². The summed E-state index contributed by atoms with van der Waals surface area (Å²) in [5.74, 6) is 0.881. The number of amides is 1.